The van der Waals surface area contributed by atoms with Gasteiger partial charge in [-0.3, -0.25) is 0 Å². The van der Waals surface area contributed by atoms with Crippen LogP contribution in [0, 0.1) is 11.7 Å². The van der Waals surface area contributed by atoms with Crippen LogP contribution in [0.2, 0.25) is 0 Å². The van der Waals surface area contributed by atoms with Crippen LogP contribution in [0.5, 0.6) is 5.75 Å². The number of nitrogens with zero attached hydrogens (tertiary/aromatic N) is 2. The van der Waals surface area contributed by atoms with Gasteiger partial charge in [-0.05, 0) is 74.1 Å². The van der Waals surface area contributed by atoms with Crippen LogP contribution < -0.4 is 10.1 Å². The molecule has 1 saturated heterocycles. The summed E-state index contributed by atoms with van der Waals surface area (Å²) < 4.78 is 155. The maximum Gasteiger partial charge on any atom is 0.318 e. The Balaban J connectivity index is 1.97. The number of ether oxygens (including phenoxy) is 1. The van der Waals surface area contributed by atoms with Gasteiger partial charge < -0.3 is 19.9 Å². The Morgan fingerprint density at radius 1 is 1.32 bits per heavy atom. The number of amides is 2. The number of hydrogen-bond acceptors (Lipinski definition) is 3. The molecule has 1 fully saturated rings. The van der Waals surface area contributed by atoms with Crippen LogP contribution >= 0.6 is 0 Å². The van der Waals surface area contributed by atoms with E-state index in [1.165, 1.54) is 19.2 Å². The summed E-state index contributed by atoms with van der Waals surface area (Å²) in [6.07, 6.45) is -0.645. The average molecular weight is 445 g/mol. The molecule has 3 rings (SSSR count). The number of benzene rings is 2. The summed E-state index contributed by atoms with van der Waals surface area (Å²) in [4.78, 5) is 15.6. The zero-order valence-corrected chi connectivity index (χ0v) is 16.8. The highest BCUT2D eigenvalue weighted by molar-refractivity contribution is 5.74. The normalized spacial score (nSPS) is 28.0. The largest absolute Gasteiger partial charge is 0.493 e. The van der Waals surface area contributed by atoms with Gasteiger partial charge in [0, 0.05) is 34.2 Å². The number of hydrogen-bond donors (Lipinski definition) is 1. The second kappa shape index (κ2) is 11.1. The number of urea groups is 1. The highest BCUT2D eigenvalue weighted by Crippen LogP contribution is 2.19. The van der Waals surface area contributed by atoms with Gasteiger partial charge in [0.1, 0.15) is 11.6 Å². The molecule has 6 heteroatoms. The fraction of sp³-hybridized carbons (Fsp3) is 0.480. The number of nitrogens with one attached hydrogen (secondary N) is 1. The lowest BCUT2D eigenvalue weighted by atomic mass is 10.0. The molecule has 31 heavy (non-hydrogen) atoms. The van der Waals surface area contributed by atoms with Crippen molar-refractivity contribution in [3.63, 3.8) is 0 Å². The predicted octanol–water partition coefficient (Wildman–Crippen LogP) is 4.67. The standard InChI is InChI=1S/C25H34FN3O2/c1-19(2)18-31-24-10-6-20(7-11-24)16-27-25(30)29(23-12-14-28(3)15-13-23)17-21-4-8-22(26)9-5-21/h4-11,19,23H,12-18H2,1-3H3,(H,27,30)/i1D3,2D3,6D,7D,10D,11D,14D2,15D2,18D2,19D. The quantitative estimate of drug-likeness (QED) is 0.644. The van der Waals surface area contributed by atoms with Crippen molar-refractivity contribution in [2.75, 3.05) is 26.6 Å². The number of halogens is 1. The van der Waals surface area contributed by atoms with E-state index in [0.717, 1.165) is 21.9 Å². The minimum absolute atomic E-state index is 0.231. The van der Waals surface area contributed by atoms with Crippen LogP contribution in [0.3, 0.4) is 0 Å². The Morgan fingerprint density at radius 3 is 2.65 bits per heavy atom. The topological polar surface area (TPSA) is 44.8 Å². The predicted molar refractivity (Wildman–Crippen MR) is 121 cm³/mol. The first-order chi connectivity index (χ1) is 21.6. The number of likely N-dealkylation sites (tertiary alicyclic amines) is 1. The highest BCUT2D eigenvalue weighted by atomic mass is 19.1. The fourth-order valence-corrected chi connectivity index (χ4v) is 2.82. The second-order valence-electron chi connectivity index (χ2n) is 6.74. The average Bonchev–Trinajstić information content (AvgIpc) is 2.94. The molecular weight excluding hydrogens is 393 g/mol. The molecule has 0 saturated carbocycles. The number of piperidine rings is 1. The van der Waals surface area contributed by atoms with E-state index in [1.54, 1.807) is 0 Å². The summed E-state index contributed by atoms with van der Waals surface area (Å²) in [6.45, 7) is -16.8. The van der Waals surface area contributed by atoms with Gasteiger partial charge in [0.25, 0.3) is 0 Å². The maximum atomic E-state index is 13.6. The molecule has 0 unspecified atom stereocenters. The van der Waals surface area contributed by atoms with Crippen LogP contribution in [0.1, 0.15) is 61.0 Å². The Morgan fingerprint density at radius 2 is 2.00 bits per heavy atom. The molecule has 168 valence electrons. The minimum Gasteiger partial charge on any atom is -0.493 e. The van der Waals surface area contributed by atoms with Crippen LogP contribution in [0.4, 0.5) is 9.18 Å². The molecule has 1 aliphatic heterocycles. The van der Waals surface area contributed by atoms with Crippen molar-refractivity contribution in [2.45, 2.75) is 45.7 Å². The van der Waals surface area contributed by atoms with E-state index in [2.05, 4.69) is 5.32 Å². The fourth-order valence-electron chi connectivity index (χ4n) is 2.82. The van der Waals surface area contributed by atoms with Crippen LogP contribution in [0.15, 0.2) is 48.4 Å². The number of carbonyl (C=O) groups excluding carboxylic acids is 1. The van der Waals surface area contributed by atoms with Gasteiger partial charge in [0.05, 0.1) is 14.8 Å². The van der Waals surface area contributed by atoms with Crippen molar-refractivity contribution in [1.82, 2.24) is 15.1 Å². The van der Waals surface area contributed by atoms with Gasteiger partial charge in [-0.2, -0.15) is 0 Å². The van der Waals surface area contributed by atoms with Gasteiger partial charge in [0.2, 0.25) is 0 Å². The molecule has 1 heterocycles. The first-order valence-corrected chi connectivity index (χ1v) is 9.40. The van der Waals surface area contributed by atoms with E-state index < -0.39 is 99.1 Å². The Labute approximate surface area is 209 Å². The van der Waals surface area contributed by atoms with E-state index >= 15 is 0 Å². The lowest BCUT2D eigenvalue weighted by Crippen LogP contribution is -2.49. The van der Waals surface area contributed by atoms with Crippen molar-refractivity contribution in [1.29, 1.82) is 0 Å². The van der Waals surface area contributed by atoms with Crippen molar-refractivity contribution < 1.29 is 37.2 Å². The third-order valence-corrected chi connectivity index (χ3v) is 4.42. The molecule has 0 spiro atoms. The van der Waals surface area contributed by atoms with Gasteiger partial charge in [-0.25, -0.2) is 9.18 Å². The first kappa shape index (κ1) is 9.49. The van der Waals surface area contributed by atoms with Crippen LogP contribution in [0.25, 0.3) is 0 Å². The van der Waals surface area contributed by atoms with E-state index in [9.17, 15) is 9.18 Å². The van der Waals surface area contributed by atoms with E-state index in [4.69, 9.17) is 28.0 Å². The van der Waals surface area contributed by atoms with Gasteiger partial charge in [-0.1, -0.05) is 37.9 Å². The molecule has 2 aromatic carbocycles. The molecule has 2 aromatic rings. The zero-order chi connectivity index (χ0) is 37.0. The second-order valence-corrected chi connectivity index (χ2v) is 6.74. The summed E-state index contributed by atoms with van der Waals surface area (Å²) >= 11 is 0. The molecule has 0 atom stereocenters. The summed E-state index contributed by atoms with van der Waals surface area (Å²) in [5.41, 5.74) is -0.0444. The Hall–Kier alpha value is -2.60. The van der Waals surface area contributed by atoms with Gasteiger partial charge >= 0.3 is 6.03 Å². The van der Waals surface area contributed by atoms with Crippen molar-refractivity contribution in [3.05, 3.63) is 65.4 Å². The summed E-state index contributed by atoms with van der Waals surface area (Å²) in [6, 6.07) is -0.843. The number of carbonyl (C=O) groups is 1. The van der Waals surface area contributed by atoms with E-state index in [-0.39, 0.29) is 19.4 Å². The molecule has 5 nitrogen and oxygen atoms in total. The summed E-state index contributed by atoms with van der Waals surface area (Å²) in [5.74, 6) is -5.66. The number of rotatable bonds is 8. The van der Waals surface area contributed by atoms with Crippen molar-refractivity contribution >= 4 is 6.03 Å². The summed E-state index contributed by atoms with van der Waals surface area (Å²) in [7, 11) is 1.26. The molecule has 1 aliphatic rings. The maximum absolute atomic E-state index is 13.6. The highest BCUT2D eigenvalue weighted by Gasteiger charge is 2.27. The van der Waals surface area contributed by atoms with Crippen LogP contribution in [-0.4, -0.2) is 48.5 Å². The third kappa shape index (κ3) is 7.24. The molecule has 1 N–H and O–H groups in total. The molecule has 0 bridgehead atoms. The Bertz CT molecular complexity index is 1450. The molecule has 0 radical (unpaired) electrons. The molecular formula is C25H34FN3O2. The van der Waals surface area contributed by atoms with E-state index in [1.807, 2.05) is 0 Å². The zero-order valence-electron chi connectivity index (χ0n) is 33.8. The summed E-state index contributed by atoms with van der Waals surface area (Å²) in [5, 5.41) is 2.42. The van der Waals surface area contributed by atoms with Crippen LogP contribution in [-0.2, 0) is 13.1 Å². The smallest absolute Gasteiger partial charge is 0.318 e. The first-order valence-electron chi connectivity index (χ1n) is 17.9. The third-order valence-electron chi connectivity index (χ3n) is 4.42. The lowest BCUT2D eigenvalue weighted by Gasteiger charge is -2.37. The van der Waals surface area contributed by atoms with Gasteiger partial charge in [0.15, 0.2) is 0 Å². The lowest BCUT2D eigenvalue weighted by molar-refractivity contribution is 0.127. The van der Waals surface area contributed by atoms with Crippen molar-refractivity contribution in [3.8, 4) is 5.75 Å². The monoisotopic (exact) mass is 444 g/mol. The SMILES string of the molecule is [2H]c1c([2H])c(OC([2H])([2H])C([2H])(C([2H])([2H])[2H])C([2H])([2H])[2H])c([2H])c([2H])c1CNC(=O)N(Cc1ccc(F)cc1)C1CC([2H])([2H])N(C)C([2H])([2H])C1. The molecule has 0 aromatic heterocycles. The molecule has 2 amide bonds. The Kier molecular flexibility index (Phi) is 3.41. The molecule has 0 aliphatic carbocycles. The van der Waals surface area contributed by atoms with Crippen molar-refractivity contribution in [2.24, 2.45) is 5.89 Å². The van der Waals surface area contributed by atoms with E-state index in [0.29, 0.717) is 5.56 Å². The van der Waals surface area contributed by atoms with Gasteiger partial charge in [-0.15, -0.1) is 0 Å². The minimum atomic E-state index is -3.92.